The third kappa shape index (κ3) is 5.20. The molecule has 33 heavy (non-hydrogen) atoms. The molecule has 1 heterocycles. The molecule has 4 aromatic rings. The summed E-state index contributed by atoms with van der Waals surface area (Å²) >= 11 is 0. The Bertz CT molecular complexity index is 1290. The van der Waals surface area contributed by atoms with Crippen molar-refractivity contribution in [2.45, 2.75) is 20.1 Å². The zero-order chi connectivity index (χ0) is 23.4. The summed E-state index contributed by atoms with van der Waals surface area (Å²) in [6.45, 7) is 2.32. The van der Waals surface area contributed by atoms with E-state index in [4.69, 9.17) is 4.74 Å². The molecule has 0 aliphatic rings. The molecule has 4 rings (SSSR count). The number of carbonyl (C=O) groups excluding carboxylic acids is 2. The van der Waals surface area contributed by atoms with Gasteiger partial charge in [0, 0.05) is 25.3 Å². The highest BCUT2D eigenvalue weighted by molar-refractivity contribution is 5.97. The van der Waals surface area contributed by atoms with E-state index in [0.717, 1.165) is 22.3 Å². The van der Waals surface area contributed by atoms with Crippen LogP contribution in [0.4, 0.5) is 5.69 Å². The Morgan fingerprint density at radius 1 is 1.00 bits per heavy atom. The van der Waals surface area contributed by atoms with Gasteiger partial charge in [-0.2, -0.15) is 0 Å². The van der Waals surface area contributed by atoms with Gasteiger partial charge in [0.1, 0.15) is 24.7 Å². The summed E-state index contributed by atoms with van der Waals surface area (Å²) in [5, 5.41) is 2.89. The molecule has 0 bridgehead atoms. The number of rotatable bonds is 7. The number of imidazole rings is 1. The number of amides is 2. The van der Waals surface area contributed by atoms with Crippen LogP contribution in [-0.4, -0.2) is 40.4 Å². The summed E-state index contributed by atoms with van der Waals surface area (Å²) < 4.78 is 7.78. The van der Waals surface area contributed by atoms with Gasteiger partial charge in [-0.1, -0.05) is 35.9 Å². The highest BCUT2D eigenvalue weighted by Crippen LogP contribution is 2.19. The first-order valence-corrected chi connectivity index (χ1v) is 10.7. The SMILES string of the molecule is Cc1ccc(OCc2nc3ccccc3n2CC(=O)Nc2cccc(C(=O)N(C)C)c2)cc1. The van der Waals surface area contributed by atoms with Crippen molar-refractivity contribution >= 4 is 28.5 Å². The fourth-order valence-electron chi connectivity index (χ4n) is 3.53. The van der Waals surface area contributed by atoms with Gasteiger partial charge in [-0.3, -0.25) is 9.59 Å². The molecule has 0 atom stereocenters. The first kappa shape index (κ1) is 22.1. The van der Waals surface area contributed by atoms with Crippen LogP contribution in [0.3, 0.4) is 0 Å². The van der Waals surface area contributed by atoms with Crippen LogP contribution in [0.15, 0.2) is 72.8 Å². The lowest BCUT2D eigenvalue weighted by molar-refractivity contribution is -0.116. The predicted octanol–water partition coefficient (Wildman–Crippen LogP) is 4.26. The summed E-state index contributed by atoms with van der Waals surface area (Å²) in [5.74, 6) is 1.06. The van der Waals surface area contributed by atoms with Crippen LogP contribution in [0, 0.1) is 6.92 Å². The molecule has 2 amide bonds. The maximum Gasteiger partial charge on any atom is 0.253 e. The number of hydrogen-bond donors (Lipinski definition) is 1. The average Bonchev–Trinajstić information content (AvgIpc) is 3.15. The van der Waals surface area contributed by atoms with E-state index in [2.05, 4.69) is 10.3 Å². The molecule has 7 nitrogen and oxygen atoms in total. The van der Waals surface area contributed by atoms with Crippen molar-refractivity contribution in [3.05, 3.63) is 89.7 Å². The molecular weight excluding hydrogens is 416 g/mol. The molecule has 0 unspecified atom stereocenters. The van der Waals surface area contributed by atoms with Gasteiger partial charge in [-0.15, -0.1) is 0 Å². The highest BCUT2D eigenvalue weighted by Gasteiger charge is 2.15. The van der Waals surface area contributed by atoms with E-state index < -0.39 is 0 Å². The van der Waals surface area contributed by atoms with Crippen LogP contribution in [-0.2, 0) is 17.9 Å². The third-order valence-electron chi connectivity index (χ3n) is 5.22. The summed E-state index contributed by atoms with van der Waals surface area (Å²) in [6, 6.07) is 22.4. The van der Waals surface area contributed by atoms with Crippen LogP contribution in [0.25, 0.3) is 11.0 Å². The monoisotopic (exact) mass is 442 g/mol. The molecule has 0 aliphatic carbocycles. The fraction of sp³-hybridized carbons (Fsp3) is 0.192. The van der Waals surface area contributed by atoms with Gasteiger partial charge in [0.15, 0.2) is 0 Å². The van der Waals surface area contributed by atoms with Crippen LogP contribution < -0.4 is 10.1 Å². The summed E-state index contributed by atoms with van der Waals surface area (Å²) in [5.41, 5.74) is 3.88. The second-order valence-electron chi connectivity index (χ2n) is 8.03. The van der Waals surface area contributed by atoms with E-state index in [1.165, 1.54) is 4.90 Å². The number of nitrogens with zero attached hydrogens (tertiary/aromatic N) is 3. The van der Waals surface area contributed by atoms with Crippen molar-refractivity contribution in [3.63, 3.8) is 0 Å². The number of hydrogen-bond acceptors (Lipinski definition) is 4. The van der Waals surface area contributed by atoms with Crippen LogP contribution >= 0.6 is 0 Å². The molecule has 0 radical (unpaired) electrons. The number of para-hydroxylation sites is 2. The molecule has 0 fully saturated rings. The topological polar surface area (TPSA) is 76.5 Å². The number of fused-ring (bicyclic) bond motifs is 1. The summed E-state index contributed by atoms with van der Waals surface area (Å²) in [7, 11) is 3.38. The molecule has 0 saturated heterocycles. The zero-order valence-electron chi connectivity index (χ0n) is 18.9. The Balaban J connectivity index is 1.53. The van der Waals surface area contributed by atoms with E-state index >= 15 is 0 Å². The Morgan fingerprint density at radius 2 is 1.76 bits per heavy atom. The number of carbonyl (C=O) groups is 2. The quantitative estimate of drug-likeness (QED) is 0.464. The van der Waals surface area contributed by atoms with Gasteiger partial charge >= 0.3 is 0 Å². The van der Waals surface area contributed by atoms with Crippen molar-refractivity contribution in [1.82, 2.24) is 14.5 Å². The molecule has 0 spiro atoms. The van der Waals surface area contributed by atoms with Crippen LogP contribution in [0.5, 0.6) is 5.75 Å². The first-order valence-electron chi connectivity index (χ1n) is 10.7. The van der Waals surface area contributed by atoms with E-state index in [0.29, 0.717) is 17.1 Å². The minimum atomic E-state index is -0.218. The minimum absolute atomic E-state index is 0.0684. The highest BCUT2D eigenvalue weighted by atomic mass is 16.5. The lowest BCUT2D eigenvalue weighted by Crippen LogP contribution is -2.23. The summed E-state index contributed by atoms with van der Waals surface area (Å²) in [6.07, 6.45) is 0. The number of aryl methyl sites for hydroxylation is 1. The summed E-state index contributed by atoms with van der Waals surface area (Å²) in [4.78, 5) is 31.3. The zero-order valence-corrected chi connectivity index (χ0v) is 18.9. The van der Waals surface area contributed by atoms with Gasteiger partial charge < -0.3 is 19.5 Å². The maximum atomic E-state index is 12.9. The molecule has 1 N–H and O–H groups in total. The second kappa shape index (κ2) is 9.56. The van der Waals surface area contributed by atoms with Crippen molar-refractivity contribution in [2.24, 2.45) is 0 Å². The van der Waals surface area contributed by atoms with Gasteiger partial charge in [0.2, 0.25) is 5.91 Å². The number of ether oxygens (including phenoxy) is 1. The first-order chi connectivity index (χ1) is 15.9. The third-order valence-corrected chi connectivity index (χ3v) is 5.22. The molecule has 168 valence electrons. The van der Waals surface area contributed by atoms with Crippen molar-refractivity contribution in [2.75, 3.05) is 19.4 Å². The van der Waals surface area contributed by atoms with Crippen LogP contribution in [0.1, 0.15) is 21.7 Å². The Kier molecular flexibility index (Phi) is 6.40. The smallest absolute Gasteiger partial charge is 0.253 e. The standard InChI is InChI=1S/C26H26N4O3/c1-18-11-13-21(14-12-18)33-17-24-28-22-9-4-5-10-23(22)30(24)16-25(31)27-20-8-6-7-19(15-20)26(32)29(2)3/h4-15H,16-17H2,1-3H3,(H,27,31). The molecule has 0 aliphatic heterocycles. The van der Waals surface area contributed by atoms with E-state index in [1.54, 1.807) is 38.4 Å². The lowest BCUT2D eigenvalue weighted by atomic mass is 10.2. The molecule has 1 aromatic heterocycles. The van der Waals surface area contributed by atoms with Crippen molar-refractivity contribution in [1.29, 1.82) is 0 Å². The lowest BCUT2D eigenvalue weighted by Gasteiger charge is -2.13. The second-order valence-corrected chi connectivity index (χ2v) is 8.03. The van der Waals surface area contributed by atoms with Gasteiger partial charge in [0.05, 0.1) is 11.0 Å². The van der Waals surface area contributed by atoms with Crippen molar-refractivity contribution in [3.8, 4) is 5.75 Å². The molecule has 0 saturated carbocycles. The number of nitrogens with one attached hydrogen (secondary N) is 1. The van der Waals surface area contributed by atoms with Crippen molar-refractivity contribution < 1.29 is 14.3 Å². The molecular formula is C26H26N4O3. The van der Waals surface area contributed by atoms with Gasteiger partial charge in [0.25, 0.3) is 5.91 Å². The average molecular weight is 443 g/mol. The Morgan fingerprint density at radius 3 is 2.52 bits per heavy atom. The maximum absolute atomic E-state index is 12.9. The van der Waals surface area contributed by atoms with E-state index in [-0.39, 0.29) is 25.0 Å². The predicted molar refractivity (Wildman–Crippen MR) is 128 cm³/mol. The Hall–Kier alpha value is -4.13. The molecule has 7 heteroatoms. The van der Waals surface area contributed by atoms with Gasteiger partial charge in [-0.25, -0.2) is 4.98 Å². The molecule has 3 aromatic carbocycles. The van der Waals surface area contributed by atoms with Crippen LogP contribution in [0.2, 0.25) is 0 Å². The largest absolute Gasteiger partial charge is 0.486 e. The number of aromatic nitrogens is 2. The van der Waals surface area contributed by atoms with Gasteiger partial charge in [-0.05, 0) is 49.4 Å². The normalized spacial score (nSPS) is 10.8. The fourth-order valence-corrected chi connectivity index (χ4v) is 3.53. The van der Waals surface area contributed by atoms with E-state index in [1.807, 2.05) is 60.0 Å². The number of anilines is 1. The number of benzene rings is 3. The Labute approximate surface area is 192 Å². The minimum Gasteiger partial charge on any atom is -0.486 e. The van der Waals surface area contributed by atoms with E-state index in [9.17, 15) is 9.59 Å².